The Morgan fingerprint density at radius 1 is 1.47 bits per heavy atom. The van der Waals surface area contributed by atoms with E-state index in [0.717, 1.165) is 24.4 Å². The third-order valence-corrected chi connectivity index (χ3v) is 3.30. The van der Waals surface area contributed by atoms with E-state index in [9.17, 15) is 4.79 Å². The van der Waals surface area contributed by atoms with Gasteiger partial charge in [0.2, 0.25) is 0 Å². The molecule has 104 valence electrons. The molecule has 4 heteroatoms. The SMILES string of the molecule is COc1ccc2c(c1)CC(C)CN2C(=O)NC(C)C. The van der Waals surface area contributed by atoms with E-state index in [2.05, 4.69) is 12.2 Å². The number of methoxy groups -OCH3 is 1. The van der Waals surface area contributed by atoms with Gasteiger partial charge in [-0.1, -0.05) is 6.92 Å². The van der Waals surface area contributed by atoms with Gasteiger partial charge in [0.05, 0.1) is 7.11 Å². The summed E-state index contributed by atoms with van der Waals surface area (Å²) in [6.45, 7) is 6.87. The molecule has 2 rings (SSSR count). The number of benzene rings is 1. The Labute approximate surface area is 114 Å². The van der Waals surface area contributed by atoms with Crippen LogP contribution >= 0.6 is 0 Å². The van der Waals surface area contributed by atoms with E-state index in [1.165, 1.54) is 5.56 Å². The molecular weight excluding hydrogens is 240 g/mol. The zero-order valence-electron chi connectivity index (χ0n) is 12.1. The number of carbonyl (C=O) groups is 1. The number of hydrogen-bond donors (Lipinski definition) is 1. The molecule has 0 saturated heterocycles. The summed E-state index contributed by atoms with van der Waals surface area (Å²) in [7, 11) is 1.66. The Balaban J connectivity index is 2.30. The topological polar surface area (TPSA) is 41.6 Å². The Kier molecular flexibility index (Phi) is 3.98. The zero-order valence-corrected chi connectivity index (χ0v) is 12.1. The van der Waals surface area contributed by atoms with Gasteiger partial charge in [0.25, 0.3) is 0 Å². The van der Waals surface area contributed by atoms with Crippen molar-refractivity contribution in [1.82, 2.24) is 5.32 Å². The Morgan fingerprint density at radius 3 is 2.84 bits per heavy atom. The predicted molar refractivity (Wildman–Crippen MR) is 76.9 cm³/mol. The lowest BCUT2D eigenvalue weighted by atomic mass is 9.94. The number of hydrogen-bond acceptors (Lipinski definition) is 2. The Hall–Kier alpha value is -1.71. The second-order valence-corrected chi connectivity index (χ2v) is 5.52. The lowest BCUT2D eigenvalue weighted by molar-refractivity contribution is 0.242. The maximum absolute atomic E-state index is 12.3. The molecule has 1 heterocycles. The Bertz CT molecular complexity index is 471. The van der Waals surface area contributed by atoms with Crippen molar-refractivity contribution >= 4 is 11.7 Å². The van der Waals surface area contributed by atoms with Crippen LogP contribution in [0.5, 0.6) is 5.75 Å². The van der Waals surface area contributed by atoms with E-state index in [-0.39, 0.29) is 12.1 Å². The summed E-state index contributed by atoms with van der Waals surface area (Å²) >= 11 is 0. The van der Waals surface area contributed by atoms with Crippen molar-refractivity contribution in [3.05, 3.63) is 23.8 Å². The van der Waals surface area contributed by atoms with Crippen LogP contribution < -0.4 is 15.0 Å². The van der Waals surface area contributed by atoms with Gasteiger partial charge in [0.1, 0.15) is 5.75 Å². The normalized spacial score (nSPS) is 18.2. The van der Waals surface area contributed by atoms with Crippen LogP contribution in [0.4, 0.5) is 10.5 Å². The number of anilines is 1. The first-order valence-electron chi connectivity index (χ1n) is 6.76. The van der Waals surface area contributed by atoms with E-state index in [4.69, 9.17) is 4.74 Å². The van der Waals surface area contributed by atoms with Gasteiger partial charge in [-0.15, -0.1) is 0 Å². The van der Waals surface area contributed by atoms with E-state index in [0.29, 0.717) is 5.92 Å². The molecule has 0 aliphatic carbocycles. The average molecular weight is 262 g/mol. The van der Waals surface area contributed by atoms with Gasteiger partial charge in [-0.05, 0) is 49.9 Å². The lowest BCUT2D eigenvalue weighted by Gasteiger charge is -2.33. The lowest BCUT2D eigenvalue weighted by Crippen LogP contribution is -2.47. The molecule has 1 aliphatic heterocycles. The number of nitrogens with one attached hydrogen (secondary N) is 1. The highest BCUT2D eigenvalue weighted by atomic mass is 16.5. The fourth-order valence-corrected chi connectivity index (χ4v) is 2.48. The van der Waals surface area contributed by atoms with Gasteiger partial charge in [0, 0.05) is 18.3 Å². The van der Waals surface area contributed by atoms with Gasteiger partial charge >= 0.3 is 6.03 Å². The third kappa shape index (κ3) is 3.00. The van der Waals surface area contributed by atoms with Crippen LogP contribution in [0.25, 0.3) is 0 Å². The second-order valence-electron chi connectivity index (χ2n) is 5.52. The molecule has 1 aromatic rings. The van der Waals surface area contributed by atoms with Crippen LogP contribution in [-0.4, -0.2) is 25.7 Å². The first-order chi connectivity index (χ1) is 9.01. The minimum atomic E-state index is -0.0204. The van der Waals surface area contributed by atoms with Crippen molar-refractivity contribution in [2.75, 3.05) is 18.6 Å². The standard InChI is InChI=1S/C15H22N2O2/c1-10(2)16-15(18)17-9-11(3)7-12-8-13(19-4)5-6-14(12)17/h5-6,8,10-11H,7,9H2,1-4H3,(H,16,18). The fraction of sp³-hybridized carbons (Fsp3) is 0.533. The van der Waals surface area contributed by atoms with Crippen LogP contribution in [0.2, 0.25) is 0 Å². The largest absolute Gasteiger partial charge is 0.497 e. The molecule has 1 atom stereocenters. The minimum Gasteiger partial charge on any atom is -0.497 e. The quantitative estimate of drug-likeness (QED) is 0.890. The zero-order chi connectivity index (χ0) is 14.0. The van der Waals surface area contributed by atoms with Gasteiger partial charge in [0.15, 0.2) is 0 Å². The fourth-order valence-electron chi connectivity index (χ4n) is 2.48. The minimum absolute atomic E-state index is 0.0204. The number of rotatable bonds is 2. The average Bonchev–Trinajstić information content (AvgIpc) is 2.36. The molecule has 1 unspecified atom stereocenters. The van der Waals surface area contributed by atoms with E-state index < -0.39 is 0 Å². The number of nitrogens with zero attached hydrogens (tertiary/aromatic N) is 1. The number of ether oxygens (including phenoxy) is 1. The van der Waals surface area contributed by atoms with Crippen molar-refractivity contribution in [3.63, 3.8) is 0 Å². The summed E-state index contributed by atoms with van der Waals surface area (Å²) in [6, 6.07) is 6.03. The molecular formula is C15H22N2O2. The van der Waals surface area contributed by atoms with Crippen LogP contribution in [0.3, 0.4) is 0 Å². The summed E-state index contributed by atoms with van der Waals surface area (Å²) in [6.07, 6.45) is 0.984. The second kappa shape index (κ2) is 5.51. The van der Waals surface area contributed by atoms with Gasteiger partial charge < -0.3 is 10.1 Å². The third-order valence-electron chi connectivity index (χ3n) is 3.30. The summed E-state index contributed by atoms with van der Waals surface area (Å²) in [5.74, 6) is 1.30. The molecule has 1 N–H and O–H groups in total. The van der Waals surface area contributed by atoms with Gasteiger partial charge in [-0.2, -0.15) is 0 Å². The highest BCUT2D eigenvalue weighted by Gasteiger charge is 2.26. The van der Waals surface area contributed by atoms with Crippen LogP contribution in [0.1, 0.15) is 26.3 Å². The van der Waals surface area contributed by atoms with Crippen molar-refractivity contribution in [3.8, 4) is 5.75 Å². The van der Waals surface area contributed by atoms with Crippen molar-refractivity contribution in [2.45, 2.75) is 33.2 Å². The van der Waals surface area contributed by atoms with Crippen molar-refractivity contribution < 1.29 is 9.53 Å². The molecule has 1 aromatic carbocycles. The van der Waals surface area contributed by atoms with E-state index in [1.54, 1.807) is 7.11 Å². The monoisotopic (exact) mass is 262 g/mol. The van der Waals surface area contributed by atoms with E-state index >= 15 is 0 Å². The molecule has 19 heavy (non-hydrogen) atoms. The summed E-state index contributed by atoms with van der Waals surface area (Å²) in [5, 5.41) is 2.96. The van der Waals surface area contributed by atoms with Crippen molar-refractivity contribution in [1.29, 1.82) is 0 Å². The first-order valence-corrected chi connectivity index (χ1v) is 6.76. The molecule has 1 aliphatic rings. The number of fused-ring (bicyclic) bond motifs is 1. The highest BCUT2D eigenvalue weighted by Crippen LogP contribution is 2.32. The summed E-state index contributed by atoms with van der Waals surface area (Å²) in [5.41, 5.74) is 2.18. The molecule has 0 aromatic heterocycles. The maximum atomic E-state index is 12.3. The maximum Gasteiger partial charge on any atom is 0.322 e. The molecule has 2 amide bonds. The number of carbonyl (C=O) groups excluding carboxylic acids is 1. The Morgan fingerprint density at radius 2 is 2.21 bits per heavy atom. The van der Waals surface area contributed by atoms with Gasteiger partial charge in [-0.3, -0.25) is 4.90 Å². The van der Waals surface area contributed by atoms with Gasteiger partial charge in [-0.25, -0.2) is 4.79 Å². The summed E-state index contributed by atoms with van der Waals surface area (Å²) in [4.78, 5) is 14.1. The van der Waals surface area contributed by atoms with Crippen LogP contribution in [0.15, 0.2) is 18.2 Å². The first kappa shape index (κ1) is 13.7. The molecule has 0 saturated carbocycles. The molecule has 4 nitrogen and oxygen atoms in total. The molecule has 0 fully saturated rings. The van der Waals surface area contributed by atoms with Crippen molar-refractivity contribution in [2.24, 2.45) is 5.92 Å². The molecule has 0 radical (unpaired) electrons. The highest BCUT2D eigenvalue weighted by molar-refractivity contribution is 5.93. The molecule has 0 spiro atoms. The smallest absolute Gasteiger partial charge is 0.322 e. The summed E-state index contributed by atoms with van der Waals surface area (Å²) < 4.78 is 5.26. The van der Waals surface area contributed by atoms with Crippen LogP contribution in [0, 0.1) is 5.92 Å². The van der Waals surface area contributed by atoms with Crippen LogP contribution in [-0.2, 0) is 6.42 Å². The predicted octanol–water partition coefficient (Wildman–Crippen LogP) is 2.81. The van der Waals surface area contributed by atoms with E-state index in [1.807, 2.05) is 36.9 Å². The number of urea groups is 1. The number of amides is 2. The molecule has 0 bridgehead atoms.